The number of ether oxygens (including phenoxy) is 2. The maximum Gasteiger partial charge on any atom is 0.241 e. The van der Waals surface area contributed by atoms with E-state index in [2.05, 4.69) is 11.9 Å². The van der Waals surface area contributed by atoms with Crippen molar-refractivity contribution >= 4 is 11.6 Å². The van der Waals surface area contributed by atoms with Crippen LogP contribution in [0.3, 0.4) is 0 Å². The number of amides is 1. The summed E-state index contributed by atoms with van der Waals surface area (Å²) in [6.07, 6.45) is 2.91. The fourth-order valence-corrected chi connectivity index (χ4v) is 1.76. The first-order chi connectivity index (χ1) is 9.20. The molecule has 0 saturated heterocycles. The third kappa shape index (κ3) is 3.48. The molecule has 1 aromatic rings. The molecule has 1 amide bonds. The van der Waals surface area contributed by atoms with Crippen LogP contribution in [-0.2, 0) is 4.79 Å². The minimum absolute atomic E-state index is 0.241. The van der Waals surface area contributed by atoms with Gasteiger partial charge in [-0.25, -0.2) is 0 Å². The summed E-state index contributed by atoms with van der Waals surface area (Å²) < 4.78 is 11.1. The van der Waals surface area contributed by atoms with Gasteiger partial charge in [0.15, 0.2) is 11.5 Å². The number of hydrogen-bond donors (Lipinski definition) is 2. The highest BCUT2D eigenvalue weighted by Crippen LogP contribution is 2.32. The molecule has 0 saturated carbocycles. The molecular formula is C14H18N2O3. The Morgan fingerprint density at radius 3 is 2.89 bits per heavy atom. The van der Waals surface area contributed by atoms with Crippen LogP contribution in [0.2, 0.25) is 0 Å². The van der Waals surface area contributed by atoms with Crippen molar-refractivity contribution in [2.75, 3.05) is 18.5 Å². The van der Waals surface area contributed by atoms with Crippen LogP contribution < -0.4 is 20.5 Å². The lowest BCUT2D eigenvalue weighted by Crippen LogP contribution is -2.35. The zero-order chi connectivity index (χ0) is 13.7. The number of hydrogen-bond acceptors (Lipinski definition) is 4. The largest absolute Gasteiger partial charge is 0.490 e. The van der Waals surface area contributed by atoms with E-state index in [1.807, 2.05) is 0 Å². The quantitative estimate of drug-likeness (QED) is 0.810. The first-order valence-corrected chi connectivity index (χ1v) is 6.27. The van der Waals surface area contributed by atoms with Crippen molar-refractivity contribution in [2.45, 2.75) is 18.9 Å². The van der Waals surface area contributed by atoms with Crippen molar-refractivity contribution < 1.29 is 14.3 Å². The molecule has 1 heterocycles. The molecule has 2 rings (SSSR count). The van der Waals surface area contributed by atoms with Gasteiger partial charge in [0.1, 0.15) is 0 Å². The summed E-state index contributed by atoms with van der Waals surface area (Å²) in [6, 6.07) is 4.72. The van der Waals surface area contributed by atoms with E-state index in [9.17, 15) is 4.79 Å². The Bertz CT molecular complexity index is 474. The van der Waals surface area contributed by atoms with Crippen molar-refractivity contribution in [3.63, 3.8) is 0 Å². The van der Waals surface area contributed by atoms with Gasteiger partial charge in [-0.1, -0.05) is 6.08 Å². The standard InChI is InChI=1S/C14H18N2O3/c1-2-4-11(15)14(17)16-10-5-6-12-13(9-10)19-8-3-7-18-12/h2,5-6,9,11H,1,3-4,7-8,15H2,(H,16,17). The minimum atomic E-state index is -0.589. The van der Waals surface area contributed by atoms with Crippen LogP contribution >= 0.6 is 0 Å². The molecule has 1 aliphatic heterocycles. The highest BCUT2D eigenvalue weighted by atomic mass is 16.5. The number of fused-ring (bicyclic) bond motifs is 1. The first-order valence-electron chi connectivity index (χ1n) is 6.27. The molecule has 5 heteroatoms. The molecule has 0 radical (unpaired) electrons. The van der Waals surface area contributed by atoms with Gasteiger partial charge in [0.05, 0.1) is 19.3 Å². The summed E-state index contributed by atoms with van der Waals surface area (Å²) in [5.74, 6) is 1.10. The average molecular weight is 262 g/mol. The van der Waals surface area contributed by atoms with Gasteiger partial charge in [-0.15, -0.1) is 6.58 Å². The molecule has 0 aliphatic carbocycles. The normalized spacial score (nSPS) is 15.2. The zero-order valence-corrected chi connectivity index (χ0v) is 10.7. The third-order valence-corrected chi connectivity index (χ3v) is 2.77. The van der Waals surface area contributed by atoms with Crippen LogP contribution in [0.15, 0.2) is 30.9 Å². The Kier molecular flexibility index (Phi) is 4.41. The van der Waals surface area contributed by atoms with Gasteiger partial charge in [0, 0.05) is 18.2 Å². The lowest BCUT2D eigenvalue weighted by molar-refractivity contribution is -0.117. The van der Waals surface area contributed by atoms with E-state index in [0.29, 0.717) is 36.8 Å². The Morgan fingerprint density at radius 2 is 2.16 bits per heavy atom. The van der Waals surface area contributed by atoms with Crippen molar-refractivity contribution in [3.05, 3.63) is 30.9 Å². The zero-order valence-electron chi connectivity index (χ0n) is 10.7. The van der Waals surface area contributed by atoms with Gasteiger partial charge >= 0.3 is 0 Å². The Balaban J connectivity index is 2.07. The number of rotatable bonds is 4. The first kappa shape index (κ1) is 13.4. The van der Waals surface area contributed by atoms with E-state index in [1.54, 1.807) is 24.3 Å². The maximum absolute atomic E-state index is 11.8. The van der Waals surface area contributed by atoms with Gasteiger partial charge in [-0.2, -0.15) is 0 Å². The Hall–Kier alpha value is -2.01. The van der Waals surface area contributed by atoms with Crippen LogP contribution in [0.4, 0.5) is 5.69 Å². The van der Waals surface area contributed by atoms with E-state index >= 15 is 0 Å². The predicted octanol–water partition coefficient (Wildman–Crippen LogP) is 1.69. The molecular weight excluding hydrogens is 244 g/mol. The van der Waals surface area contributed by atoms with E-state index in [0.717, 1.165) is 6.42 Å². The highest BCUT2D eigenvalue weighted by Gasteiger charge is 2.14. The Morgan fingerprint density at radius 1 is 1.42 bits per heavy atom. The summed E-state index contributed by atoms with van der Waals surface area (Å²) in [5.41, 5.74) is 6.35. The van der Waals surface area contributed by atoms with Crippen LogP contribution in [0.1, 0.15) is 12.8 Å². The second-order valence-corrected chi connectivity index (χ2v) is 4.33. The molecule has 1 aromatic carbocycles. The fraction of sp³-hybridized carbons (Fsp3) is 0.357. The molecule has 1 atom stereocenters. The van der Waals surface area contributed by atoms with Crippen LogP contribution in [0.25, 0.3) is 0 Å². The smallest absolute Gasteiger partial charge is 0.241 e. The summed E-state index contributed by atoms with van der Waals surface area (Å²) >= 11 is 0. The van der Waals surface area contributed by atoms with Gasteiger partial charge in [-0.05, 0) is 18.6 Å². The van der Waals surface area contributed by atoms with E-state index in [-0.39, 0.29) is 5.91 Å². The summed E-state index contributed by atoms with van der Waals surface area (Å²) in [5, 5.41) is 2.75. The second kappa shape index (κ2) is 6.24. The molecule has 5 nitrogen and oxygen atoms in total. The molecule has 19 heavy (non-hydrogen) atoms. The van der Waals surface area contributed by atoms with Crippen LogP contribution in [0.5, 0.6) is 11.5 Å². The topological polar surface area (TPSA) is 73.6 Å². The molecule has 1 unspecified atom stereocenters. The average Bonchev–Trinajstić information content (AvgIpc) is 2.63. The SMILES string of the molecule is C=CCC(N)C(=O)Nc1ccc2c(c1)OCCCO2. The molecule has 0 aromatic heterocycles. The molecule has 0 fully saturated rings. The van der Waals surface area contributed by atoms with Crippen molar-refractivity contribution in [3.8, 4) is 11.5 Å². The van der Waals surface area contributed by atoms with Gasteiger partial charge in [0.2, 0.25) is 5.91 Å². The van der Waals surface area contributed by atoms with E-state index in [1.165, 1.54) is 0 Å². The fourth-order valence-electron chi connectivity index (χ4n) is 1.76. The molecule has 1 aliphatic rings. The monoisotopic (exact) mass is 262 g/mol. The van der Waals surface area contributed by atoms with E-state index < -0.39 is 6.04 Å². The van der Waals surface area contributed by atoms with Gasteiger partial charge < -0.3 is 20.5 Å². The summed E-state index contributed by atoms with van der Waals surface area (Å²) in [4.78, 5) is 11.8. The van der Waals surface area contributed by atoms with Crippen molar-refractivity contribution in [2.24, 2.45) is 5.73 Å². The number of carbonyl (C=O) groups is 1. The lowest BCUT2D eigenvalue weighted by Gasteiger charge is -2.12. The number of nitrogens with one attached hydrogen (secondary N) is 1. The Labute approximate surface area is 112 Å². The van der Waals surface area contributed by atoms with Gasteiger partial charge in [0.25, 0.3) is 0 Å². The van der Waals surface area contributed by atoms with Gasteiger partial charge in [-0.3, -0.25) is 4.79 Å². The lowest BCUT2D eigenvalue weighted by atomic mass is 10.2. The number of nitrogens with two attached hydrogens (primary N) is 1. The summed E-state index contributed by atoms with van der Waals surface area (Å²) in [7, 11) is 0. The van der Waals surface area contributed by atoms with Crippen LogP contribution in [0, 0.1) is 0 Å². The number of carbonyl (C=O) groups excluding carboxylic acids is 1. The van der Waals surface area contributed by atoms with Crippen molar-refractivity contribution in [1.82, 2.24) is 0 Å². The molecule has 102 valence electrons. The third-order valence-electron chi connectivity index (χ3n) is 2.77. The van der Waals surface area contributed by atoms with Crippen LogP contribution in [-0.4, -0.2) is 25.2 Å². The summed E-state index contributed by atoms with van der Waals surface area (Å²) in [6.45, 7) is 4.81. The predicted molar refractivity (Wildman–Crippen MR) is 73.5 cm³/mol. The molecule has 0 bridgehead atoms. The maximum atomic E-state index is 11.8. The number of anilines is 1. The number of benzene rings is 1. The van der Waals surface area contributed by atoms with Crippen molar-refractivity contribution in [1.29, 1.82) is 0 Å². The second-order valence-electron chi connectivity index (χ2n) is 4.33. The highest BCUT2D eigenvalue weighted by molar-refractivity contribution is 5.95. The molecule has 0 spiro atoms. The van der Waals surface area contributed by atoms with E-state index in [4.69, 9.17) is 15.2 Å². The minimum Gasteiger partial charge on any atom is -0.490 e. The molecule has 3 N–H and O–H groups in total.